The van der Waals surface area contributed by atoms with Gasteiger partial charge in [0.1, 0.15) is 6.54 Å². The fourth-order valence-corrected chi connectivity index (χ4v) is 1.88. The summed E-state index contributed by atoms with van der Waals surface area (Å²) in [5.74, 6) is 1.32. The Labute approximate surface area is 136 Å². The van der Waals surface area contributed by atoms with Crippen LogP contribution in [0.15, 0.2) is 17.1 Å². The van der Waals surface area contributed by atoms with Gasteiger partial charge in [0.25, 0.3) is 0 Å². The van der Waals surface area contributed by atoms with Gasteiger partial charge in [0, 0.05) is 27.2 Å². The summed E-state index contributed by atoms with van der Waals surface area (Å²) in [6.07, 6.45) is 4.86. The molecule has 2 N–H and O–H groups in total. The number of guanidine groups is 1. The first-order valence-corrected chi connectivity index (χ1v) is 8.27. The van der Waals surface area contributed by atoms with Gasteiger partial charge in [0.15, 0.2) is 5.96 Å². The zero-order valence-electron chi connectivity index (χ0n) is 15.0. The van der Waals surface area contributed by atoms with E-state index in [1.165, 1.54) is 19.3 Å². The average Bonchev–Trinajstić information content (AvgIpc) is 2.48. The Bertz CT molecular complexity index is 364. The van der Waals surface area contributed by atoms with E-state index < -0.39 is 0 Å². The third-order valence-corrected chi connectivity index (χ3v) is 3.53. The van der Waals surface area contributed by atoms with Crippen molar-refractivity contribution in [1.82, 2.24) is 15.5 Å². The number of rotatable bonds is 10. The second kappa shape index (κ2) is 12.1. The number of carbonyl (C=O) groups excluding carboxylic acids is 1. The summed E-state index contributed by atoms with van der Waals surface area (Å²) < 4.78 is 0. The number of hydrogen-bond acceptors (Lipinski definition) is 2. The number of likely N-dealkylation sites (N-methyl/N-ethyl adjacent to an activating group) is 1. The summed E-state index contributed by atoms with van der Waals surface area (Å²) in [4.78, 5) is 17.6. The maximum Gasteiger partial charge on any atom is 0.243 e. The van der Waals surface area contributed by atoms with Crippen molar-refractivity contribution in [3.05, 3.63) is 12.2 Å². The molecule has 0 aliphatic rings. The zero-order valence-corrected chi connectivity index (χ0v) is 15.0. The summed E-state index contributed by atoms with van der Waals surface area (Å²) in [6.45, 7) is 12.0. The summed E-state index contributed by atoms with van der Waals surface area (Å²) in [7, 11) is 3.48. The number of aliphatic imine (C=N–C) groups is 1. The molecule has 0 saturated carbocycles. The van der Waals surface area contributed by atoms with Gasteiger partial charge in [-0.2, -0.15) is 0 Å². The Kier molecular flexibility index (Phi) is 11.2. The quantitative estimate of drug-likeness (QED) is 0.370. The van der Waals surface area contributed by atoms with E-state index >= 15 is 0 Å². The van der Waals surface area contributed by atoms with E-state index in [1.54, 1.807) is 19.0 Å². The molecule has 0 aliphatic heterocycles. The maximum atomic E-state index is 11.7. The van der Waals surface area contributed by atoms with Gasteiger partial charge in [-0.05, 0) is 19.3 Å². The lowest BCUT2D eigenvalue weighted by Gasteiger charge is -2.18. The second-order valence-electron chi connectivity index (χ2n) is 6.06. The third-order valence-electron chi connectivity index (χ3n) is 3.53. The highest BCUT2D eigenvalue weighted by Crippen LogP contribution is 2.11. The molecule has 128 valence electrons. The highest BCUT2D eigenvalue weighted by Gasteiger charge is 2.08. The lowest BCUT2D eigenvalue weighted by Crippen LogP contribution is -2.41. The first-order valence-electron chi connectivity index (χ1n) is 8.27. The Hall–Kier alpha value is -1.52. The van der Waals surface area contributed by atoms with Gasteiger partial charge in [-0.25, -0.2) is 4.99 Å². The van der Waals surface area contributed by atoms with Crippen molar-refractivity contribution in [3.8, 4) is 0 Å². The molecule has 5 nitrogen and oxygen atoms in total. The molecule has 0 fully saturated rings. The maximum absolute atomic E-state index is 11.7. The van der Waals surface area contributed by atoms with Crippen LogP contribution >= 0.6 is 0 Å². The molecule has 0 aromatic carbocycles. The monoisotopic (exact) mass is 310 g/mol. The van der Waals surface area contributed by atoms with Crippen molar-refractivity contribution in [1.29, 1.82) is 0 Å². The minimum absolute atomic E-state index is 0.00514. The normalized spacial score (nSPS) is 12.7. The lowest BCUT2D eigenvalue weighted by molar-refractivity contribution is -0.127. The topological polar surface area (TPSA) is 56.7 Å². The minimum atomic E-state index is -0.00514. The molecular formula is C17H34N4O. The largest absolute Gasteiger partial charge is 0.356 e. The van der Waals surface area contributed by atoms with Crippen molar-refractivity contribution >= 4 is 11.9 Å². The highest BCUT2D eigenvalue weighted by atomic mass is 16.2. The van der Waals surface area contributed by atoms with Crippen LogP contribution in [0.4, 0.5) is 0 Å². The zero-order chi connectivity index (χ0) is 17.0. The number of unbranched alkanes of at least 4 members (excludes halogenated alkanes) is 1. The molecule has 1 atom stereocenters. The molecule has 0 saturated heterocycles. The van der Waals surface area contributed by atoms with Crippen LogP contribution < -0.4 is 10.6 Å². The predicted octanol–water partition coefficient (Wildman–Crippen LogP) is 2.40. The molecule has 22 heavy (non-hydrogen) atoms. The molecule has 0 aromatic heterocycles. The number of nitrogens with one attached hydrogen (secondary N) is 2. The minimum Gasteiger partial charge on any atom is -0.356 e. The predicted molar refractivity (Wildman–Crippen MR) is 95.1 cm³/mol. The van der Waals surface area contributed by atoms with Gasteiger partial charge in [0.05, 0.1) is 0 Å². The average molecular weight is 310 g/mol. The van der Waals surface area contributed by atoms with E-state index in [1.807, 2.05) is 6.92 Å². The number of nitrogens with zero attached hydrogens (tertiary/aromatic N) is 2. The summed E-state index contributed by atoms with van der Waals surface area (Å²) in [5, 5.41) is 6.57. The van der Waals surface area contributed by atoms with Crippen LogP contribution in [0.3, 0.4) is 0 Å². The SMILES string of the molecule is C=C(C)CNC(=NCC(=O)N(C)C)NCC(CC)CCCC. The number of amides is 1. The van der Waals surface area contributed by atoms with Gasteiger partial charge >= 0.3 is 0 Å². The van der Waals surface area contributed by atoms with Crippen molar-refractivity contribution < 1.29 is 4.79 Å². The smallest absolute Gasteiger partial charge is 0.243 e. The van der Waals surface area contributed by atoms with Gasteiger partial charge in [-0.3, -0.25) is 4.79 Å². The lowest BCUT2D eigenvalue weighted by atomic mass is 9.99. The molecule has 1 amide bonds. The van der Waals surface area contributed by atoms with Crippen LogP contribution in [0.1, 0.15) is 46.5 Å². The molecular weight excluding hydrogens is 276 g/mol. The van der Waals surface area contributed by atoms with E-state index in [2.05, 4.69) is 36.1 Å². The summed E-state index contributed by atoms with van der Waals surface area (Å²) in [5.41, 5.74) is 1.03. The van der Waals surface area contributed by atoms with E-state index in [4.69, 9.17) is 0 Å². The second-order valence-corrected chi connectivity index (χ2v) is 6.06. The fraction of sp³-hybridized carbons (Fsp3) is 0.765. The van der Waals surface area contributed by atoms with E-state index in [0.717, 1.165) is 18.5 Å². The molecule has 0 radical (unpaired) electrons. The van der Waals surface area contributed by atoms with Crippen LogP contribution in [0, 0.1) is 5.92 Å². The Morgan fingerprint density at radius 2 is 1.95 bits per heavy atom. The molecule has 0 heterocycles. The van der Waals surface area contributed by atoms with E-state index in [9.17, 15) is 4.79 Å². The standard InChI is InChI=1S/C17H34N4O/c1-7-9-10-15(8-2)12-19-17(18-11-14(3)4)20-13-16(22)21(5)6/h15H,3,7-13H2,1-2,4-6H3,(H2,18,19,20). The molecule has 0 bridgehead atoms. The third kappa shape index (κ3) is 10.2. The van der Waals surface area contributed by atoms with Crippen LogP contribution in [0.5, 0.6) is 0 Å². The van der Waals surface area contributed by atoms with Gasteiger partial charge < -0.3 is 15.5 Å². The van der Waals surface area contributed by atoms with Crippen molar-refractivity contribution in [2.24, 2.45) is 10.9 Å². The summed E-state index contributed by atoms with van der Waals surface area (Å²) >= 11 is 0. The van der Waals surface area contributed by atoms with Crippen LogP contribution in [-0.4, -0.2) is 50.5 Å². The molecule has 0 aliphatic carbocycles. The Morgan fingerprint density at radius 1 is 1.27 bits per heavy atom. The molecule has 0 aromatic rings. The van der Waals surface area contributed by atoms with Crippen molar-refractivity contribution in [3.63, 3.8) is 0 Å². The fourth-order valence-electron chi connectivity index (χ4n) is 1.88. The van der Waals surface area contributed by atoms with Crippen LogP contribution in [-0.2, 0) is 4.79 Å². The molecule has 0 spiro atoms. The number of hydrogen-bond donors (Lipinski definition) is 2. The van der Waals surface area contributed by atoms with Gasteiger partial charge in [0.2, 0.25) is 5.91 Å². The number of carbonyl (C=O) groups is 1. The Morgan fingerprint density at radius 3 is 2.45 bits per heavy atom. The first-order chi connectivity index (χ1) is 10.4. The van der Waals surface area contributed by atoms with Crippen LogP contribution in [0.2, 0.25) is 0 Å². The summed E-state index contributed by atoms with van der Waals surface area (Å²) in [6, 6.07) is 0. The molecule has 0 rings (SSSR count). The van der Waals surface area contributed by atoms with Gasteiger partial charge in [-0.1, -0.05) is 45.3 Å². The van der Waals surface area contributed by atoms with Crippen molar-refractivity contribution in [2.45, 2.75) is 46.5 Å². The van der Waals surface area contributed by atoms with E-state index in [-0.39, 0.29) is 12.5 Å². The molecule has 5 heteroatoms. The first kappa shape index (κ1) is 20.5. The Balaban J connectivity index is 4.53. The van der Waals surface area contributed by atoms with Gasteiger partial charge in [-0.15, -0.1) is 0 Å². The van der Waals surface area contributed by atoms with Crippen LogP contribution in [0.25, 0.3) is 0 Å². The van der Waals surface area contributed by atoms with E-state index in [0.29, 0.717) is 18.4 Å². The highest BCUT2D eigenvalue weighted by molar-refractivity contribution is 5.84. The molecule has 1 unspecified atom stereocenters. The van der Waals surface area contributed by atoms with Crippen molar-refractivity contribution in [2.75, 3.05) is 33.7 Å².